The summed E-state index contributed by atoms with van der Waals surface area (Å²) in [5.41, 5.74) is 4.97. The van der Waals surface area contributed by atoms with E-state index in [1.807, 2.05) is 25.1 Å². The van der Waals surface area contributed by atoms with Crippen LogP contribution >= 0.6 is 0 Å². The maximum atomic E-state index is 9.63. The lowest BCUT2D eigenvalue weighted by Gasteiger charge is -2.26. The minimum Gasteiger partial charge on any atom is -0.469 e. The Kier molecular flexibility index (Phi) is 6.02. The third-order valence-corrected chi connectivity index (χ3v) is 6.58. The van der Waals surface area contributed by atoms with E-state index < -0.39 is 0 Å². The van der Waals surface area contributed by atoms with E-state index in [1.165, 1.54) is 11.8 Å². The standard InChI is InChI=1S/C25H25N9O/c1-16(31-19-6-9-33(15-27)10-7-19)24(32-28)18-11-22-30-14-20(13-26)34(22)23(12-18)35-21-5-4-17-3-2-8-29-25(17)21/h2-3,8,11-12,14,19,21H,4-7,9-10,28H2,1H3/b31-16?,32-24+/t21-/m1/s1. The number of rotatable bonds is 5. The number of hydrazone groups is 1. The van der Waals surface area contributed by atoms with Crippen LogP contribution in [0.25, 0.3) is 5.65 Å². The van der Waals surface area contributed by atoms with Crippen LogP contribution in [0.2, 0.25) is 0 Å². The lowest BCUT2D eigenvalue weighted by atomic mass is 10.0. The molecule has 0 saturated carbocycles. The van der Waals surface area contributed by atoms with Crippen LogP contribution in [-0.2, 0) is 6.42 Å². The van der Waals surface area contributed by atoms with Gasteiger partial charge in [0.15, 0.2) is 6.19 Å². The number of hydrogen-bond acceptors (Lipinski definition) is 9. The summed E-state index contributed by atoms with van der Waals surface area (Å²) >= 11 is 0. The molecule has 1 atom stereocenters. The van der Waals surface area contributed by atoms with E-state index in [0.29, 0.717) is 47.3 Å². The summed E-state index contributed by atoms with van der Waals surface area (Å²) in [4.78, 5) is 15.5. The van der Waals surface area contributed by atoms with Gasteiger partial charge in [-0.2, -0.15) is 15.6 Å². The quantitative estimate of drug-likeness (QED) is 0.263. The summed E-state index contributed by atoms with van der Waals surface area (Å²) in [6.07, 6.45) is 8.55. The predicted molar refractivity (Wildman–Crippen MR) is 130 cm³/mol. The molecule has 0 unspecified atom stereocenters. The van der Waals surface area contributed by atoms with Gasteiger partial charge in [-0.1, -0.05) is 6.07 Å². The average Bonchev–Trinajstić information content (AvgIpc) is 3.49. The molecule has 2 N–H and O–H groups in total. The van der Waals surface area contributed by atoms with Gasteiger partial charge in [0.2, 0.25) is 5.88 Å². The van der Waals surface area contributed by atoms with Crippen LogP contribution in [-0.4, -0.2) is 49.8 Å². The SMILES string of the molecule is CC(=NC1CCN(C#N)CC1)/C(=N\N)c1cc(O[C@@H]2CCc3cccnc32)n2c(C#N)cnc2c1. The number of piperidine rings is 1. The number of hydrogen-bond donors (Lipinski definition) is 1. The largest absolute Gasteiger partial charge is 0.469 e. The summed E-state index contributed by atoms with van der Waals surface area (Å²) in [6.45, 7) is 3.27. The monoisotopic (exact) mass is 467 g/mol. The first-order valence-corrected chi connectivity index (χ1v) is 11.6. The smallest absolute Gasteiger partial charge is 0.201 e. The zero-order valence-corrected chi connectivity index (χ0v) is 19.4. The molecule has 0 aromatic carbocycles. The highest BCUT2D eigenvalue weighted by Gasteiger charge is 2.27. The molecular weight excluding hydrogens is 442 g/mol. The van der Waals surface area contributed by atoms with Crippen molar-refractivity contribution in [3.05, 3.63) is 59.2 Å². The number of pyridine rings is 2. The molecule has 2 aliphatic rings. The number of nitriles is 2. The predicted octanol–water partition coefficient (Wildman–Crippen LogP) is 2.74. The van der Waals surface area contributed by atoms with Crippen molar-refractivity contribution in [3.63, 3.8) is 0 Å². The molecule has 10 heteroatoms. The van der Waals surface area contributed by atoms with Crippen LogP contribution in [0.4, 0.5) is 0 Å². The Labute approximate surface area is 203 Å². The number of ether oxygens (including phenoxy) is 1. The van der Waals surface area contributed by atoms with Crippen molar-refractivity contribution < 1.29 is 4.74 Å². The van der Waals surface area contributed by atoms with E-state index >= 15 is 0 Å². The zero-order chi connectivity index (χ0) is 24.4. The fourth-order valence-corrected chi connectivity index (χ4v) is 4.82. The van der Waals surface area contributed by atoms with E-state index in [-0.39, 0.29) is 12.1 Å². The van der Waals surface area contributed by atoms with E-state index in [0.717, 1.165) is 31.4 Å². The molecule has 1 fully saturated rings. The first-order valence-electron chi connectivity index (χ1n) is 11.6. The second-order valence-electron chi connectivity index (χ2n) is 8.73. The van der Waals surface area contributed by atoms with E-state index in [1.54, 1.807) is 15.5 Å². The molecule has 1 aliphatic carbocycles. The molecule has 3 aromatic rings. The molecule has 35 heavy (non-hydrogen) atoms. The van der Waals surface area contributed by atoms with Gasteiger partial charge in [-0.15, -0.1) is 0 Å². The van der Waals surface area contributed by atoms with Crippen LogP contribution in [0, 0.1) is 22.8 Å². The summed E-state index contributed by atoms with van der Waals surface area (Å²) in [5.74, 6) is 6.31. The molecule has 0 amide bonds. The first kappa shape index (κ1) is 22.4. The summed E-state index contributed by atoms with van der Waals surface area (Å²) in [6, 6.07) is 9.95. The van der Waals surface area contributed by atoms with Crippen LogP contribution in [0.15, 0.2) is 46.8 Å². The van der Waals surface area contributed by atoms with Gasteiger partial charge in [0.05, 0.1) is 23.6 Å². The van der Waals surface area contributed by atoms with Gasteiger partial charge in [0.25, 0.3) is 0 Å². The molecule has 4 heterocycles. The van der Waals surface area contributed by atoms with E-state index in [2.05, 4.69) is 33.4 Å². The number of likely N-dealkylation sites (tertiary alicyclic amines) is 1. The topological polar surface area (TPSA) is 141 Å². The van der Waals surface area contributed by atoms with Crippen molar-refractivity contribution in [3.8, 4) is 18.1 Å². The second-order valence-corrected chi connectivity index (χ2v) is 8.73. The van der Waals surface area contributed by atoms with Gasteiger partial charge in [-0.25, -0.2) is 4.98 Å². The van der Waals surface area contributed by atoms with Gasteiger partial charge < -0.3 is 15.5 Å². The Bertz CT molecular complexity index is 1400. The lowest BCUT2D eigenvalue weighted by molar-refractivity contribution is 0.192. The minimum atomic E-state index is -0.225. The summed E-state index contributed by atoms with van der Waals surface area (Å²) in [5, 5.41) is 22.8. The molecule has 1 aliphatic heterocycles. The maximum Gasteiger partial charge on any atom is 0.201 e. The van der Waals surface area contributed by atoms with Crippen LogP contribution in [0.5, 0.6) is 5.88 Å². The number of aromatic nitrogens is 3. The maximum absolute atomic E-state index is 9.63. The molecular formula is C25H25N9O. The lowest BCUT2D eigenvalue weighted by Crippen LogP contribution is -2.32. The fraction of sp³-hybridized carbons (Fsp3) is 0.360. The third-order valence-electron chi connectivity index (χ3n) is 6.58. The first-order chi connectivity index (χ1) is 17.1. The van der Waals surface area contributed by atoms with Gasteiger partial charge >= 0.3 is 0 Å². The number of aryl methyl sites for hydroxylation is 1. The number of fused-ring (bicyclic) bond motifs is 2. The van der Waals surface area contributed by atoms with Crippen molar-refractivity contribution in [1.29, 1.82) is 10.5 Å². The highest BCUT2D eigenvalue weighted by molar-refractivity contribution is 6.47. The third kappa shape index (κ3) is 4.26. The average molecular weight is 468 g/mol. The van der Waals surface area contributed by atoms with Crippen LogP contribution in [0.1, 0.15) is 54.8 Å². The number of nitrogens with two attached hydrogens (primary N) is 1. The minimum absolute atomic E-state index is 0.105. The Morgan fingerprint density at radius 3 is 2.77 bits per heavy atom. The molecule has 10 nitrogen and oxygen atoms in total. The normalized spacial score (nSPS) is 18.8. The zero-order valence-electron chi connectivity index (χ0n) is 19.4. The Morgan fingerprint density at radius 2 is 2.03 bits per heavy atom. The molecule has 0 spiro atoms. The Morgan fingerprint density at radius 1 is 1.20 bits per heavy atom. The van der Waals surface area contributed by atoms with E-state index in [4.69, 9.17) is 20.8 Å². The van der Waals surface area contributed by atoms with Gasteiger partial charge in [0.1, 0.15) is 29.2 Å². The number of aliphatic imine (C=N–C) groups is 1. The van der Waals surface area contributed by atoms with Crippen LogP contribution < -0.4 is 10.6 Å². The highest BCUT2D eigenvalue weighted by Crippen LogP contribution is 2.34. The number of nitrogens with zero attached hydrogens (tertiary/aromatic N) is 8. The molecule has 1 saturated heterocycles. The highest BCUT2D eigenvalue weighted by atomic mass is 16.5. The molecule has 176 valence electrons. The number of imidazole rings is 1. The Hall–Kier alpha value is -4.44. The van der Waals surface area contributed by atoms with Gasteiger partial charge in [0, 0.05) is 30.9 Å². The Balaban J connectivity index is 1.49. The summed E-state index contributed by atoms with van der Waals surface area (Å²) in [7, 11) is 0. The van der Waals surface area contributed by atoms with Crippen molar-refractivity contribution in [2.24, 2.45) is 15.9 Å². The van der Waals surface area contributed by atoms with Gasteiger partial charge in [-0.3, -0.25) is 14.4 Å². The molecule has 5 rings (SSSR count). The van der Waals surface area contributed by atoms with Crippen molar-refractivity contribution in [2.45, 2.75) is 44.8 Å². The summed E-state index contributed by atoms with van der Waals surface area (Å²) < 4.78 is 8.14. The molecule has 0 bridgehead atoms. The van der Waals surface area contributed by atoms with Gasteiger partial charge in [-0.05, 0) is 50.3 Å². The van der Waals surface area contributed by atoms with Crippen molar-refractivity contribution in [2.75, 3.05) is 13.1 Å². The molecule has 0 radical (unpaired) electrons. The van der Waals surface area contributed by atoms with Crippen LogP contribution in [0.3, 0.4) is 0 Å². The van der Waals surface area contributed by atoms with E-state index in [9.17, 15) is 5.26 Å². The van der Waals surface area contributed by atoms with Crippen molar-refractivity contribution >= 4 is 17.1 Å². The van der Waals surface area contributed by atoms with Crippen molar-refractivity contribution in [1.82, 2.24) is 19.3 Å². The molecule has 3 aromatic heterocycles. The fourth-order valence-electron chi connectivity index (χ4n) is 4.82. The second kappa shape index (κ2) is 9.43.